The van der Waals surface area contributed by atoms with Crippen molar-refractivity contribution >= 4 is 16.6 Å². The molecular formula is C23H16F2N4O. The first-order valence-electron chi connectivity index (χ1n) is 9.38. The zero-order valence-corrected chi connectivity index (χ0v) is 15.9. The third kappa shape index (κ3) is 2.95. The largest absolute Gasteiger partial charge is 0.351 e. The van der Waals surface area contributed by atoms with E-state index < -0.39 is 6.43 Å². The second-order valence-electron chi connectivity index (χ2n) is 7.08. The number of para-hydroxylation sites is 1. The molecule has 0 saturated carbocycles. The van der Waals surface area contributed by atoms with Crippen LogP contribution in [0.2, 0.25) is 0 Å². The number of fused-ring (bicyclic) bond motifs is 2. The molecule has 1 N–H and O–H groups in total. The van der Waals surface area contributed by atoms with Crippen molar-refractivity contribution in [2.75, 3.05) is 0 Å². The molecule has 2 aromatic carbocycles. The average Bonchev–Trinajstić information content (AvgIpc) is 3.19. The molecule has 148 valence electrons. The fraction of sp³-hybridized carbons (Fsp3) is 0.0870. The molecule has 0 bridgehead atoms. The molecule has 0 amide bonds. The Bertz CT molecular complexity index is 1470. The van der Waals surface area contributed by atoms with Crippen LogP contribution in [0.1, 0.15) is 17.6 Å². The Kier molecular flexibility index (Phi) is 4.17. The van der Waals surface area contributed by atoms with E-state index in [4.69, 9.17) is 0 Å². The van der Waals surface area contributed by atoms with Gasteiger partial charge in [-0.05, 0) is 42.8 Å². The number of rotatable bonds is 3. The molecule has 3 aromatic heterocycles. The van der Waals surface area contributed by atoms with E-state index in [-0.39, 0.29) is 11.0 Å². The Labute approximate surface area is 169 Å². The number of nitrogens with zero attached hydrogens (tertiary/aromatic N) is 3. The number of pyridine rings is 2. The summed E-state index contributed by atoms with van der Waals surface area (Å²) in [6.07, 6.45) is -0.787. The summed E-state index contributed by atoms with van der Waals surface area (Å²) < 4.78 is 27.7. The van der Waals surface area contributed by atoms with Crippen molar-refractivity contribution in [2.24, 2.45) is 0 Å². The van der Waals surface area contributed by atoms with Crippen molar-refractivity contribution < 1.29 is 8.78 Å². The Balaban J connectivity index is 1.63. The van der Waals surface area contributed by atoms with Crippen LogP contribution in [0.25, 0.3) is 39.2 Å². The molecule has 0 radical (unpaired) electrons. The quantitative estimate of drug-likeness (QED) is 0.454. The number of halogens is 2. The second-order valence-corrected chi connectivity index (χ2v) is 7.08. The van der Waals surface area contributed by atoms with Crippen LogP contribution in [-0.4, -0.2) is 19.6 Å². The molecular weight excluding hydrogens is 386 g/mol. The molecule has 30 heavy (non-hydrogen) atoms. The number of hydrogen-bond donors (Lipinski definition) is 1. The van der Waals surface area contributed by atoms with Crippen molar-refractivity contribution in [3.05, 3.63) is 88.2 Å². The molecule has 0 fully saturated rings. The van der Waals surface area contributed by atoms with Crippen LogP contribution < -0.4 is 5.43 Å². The molecule has 5 aromatic rings. The number of H-pyrrole nitrogens is 1. The SMILES string of the molecule is Cc1c(-c2nc3ccc(-c4cccc(C(F)F)c4)cn3n2)[nH]c2ccccc2c1=O. The first-order chi connectivity index (χ1) is 14.5. The lowest BCUT2D eigenvalue weighted by Gasteiger charge is -2.05. The van der Waals surface area contributed by atoms with Gasteiger partial charge in [-0.25, -0.2) is 18.3 Å². The first-order valence-corrected chi connectivity index (χ1v) is 9.38. The first kappa shape index (κ1) is 18.2. The summed E-state index contributed by atoms with van der Waals surface area (Å²) in [5.74, 6) is 0.397. The maximum Gasteiger partial charge on any atom is 0.263 e. The second kappa shape index (κ2) is 6.88. The number of hydrogen-bond acceptors (Lipinski definition) is 3. The van der Waals surface area contributed by atoms with Gasteiger partial charge in [0, 0.05) is 33.8 Å². The van der Waals surface area contributed by atoms with Crippen LogP contribution in [0.5, 0.6) is 0 Å². The molecule has 0 aliphatic heterocycles. The highest BCUT2D eigenvalue weighted by Crippen LogP contribution is 2.26. The van der Waals surface area contributed by atoms with Crippen LogP contribution in [0.4, 0.5) is 8.78 Å². The molecule has 0 spiro atoms. The highest BCUT2D eigenvalue weighted by Gasteiger charge is 2.15. The topological polar surface area (TPSA) is 63.1 Å². The maximum atomic E-state index is 13.0. The van der Waals surface area contributed by atoms with Gasteiger partial charge in [-0.1, -0.05) is 30.3 Å². The van der Waals surface area contributed by atoms with Crippen molar-refractivity contribution in [3.63, 3.8) is 0 Å². The Morgan fingerprint density at radius 3 is 2.67 bits per heavy atom. The lowest BCUT2D eigenvalue weighted by atomic mass is 10.1. The molecule has 5 nitrogen and oxygen atoms in total. The van der Waals surface area contributed by atoms with E-state index in [1.807, 2.05) is 24.3 Å². The fourth-order valence-electron chi connectivity index (χ4n) is 3.57. The van der Waals surface area contributed by atoms with E-state index in [0.29, 0.717) is 39.2 Å². The number of nitrogens with one attached hydrogen (secondary N) is 1. The highest BCUT2D eigenvalue weighted by atomic mass is 19.3. The summed E-state index contributed by atoms with van der Waals surface area (Å²) in [7, 11) is 0. The summed E-state index contributed by atoms with van der Waals surface area (Å²) >= 11 is 0. The van der Waals surface area contributed by atoms with Crippen molar-refractivity contribution in [3.8, 4) is 22.6 Å². The highest BCUT2D eigenvalue weighted by molar-refractivity contribution is 5.82. The summed E-state index contributed by atoms with van der Waals surface area (Å²) in [6, 6.07) is 17.1. The van der Waals surface area contributed by atoms with E-state index in [9.17, 15) is 13.6 Å². The number of aromatic amines is 1. The van der Waals surface area contributed by atoms with E-state index >= 15 is 0 Å². The van der Waals surface area contributed by atoms with Crippen LogP contribution >= 0.6 is 0 Å². The van der Waals surface area contributed by atoms with Gasteiger partial charge in [-0.15, -0.1) is 5.10 Å². The Morgan fingerprint density at radius 2 is 1.83 bits per heavy atom. The molecule has 0 saturated heterocycles. The van der Waals surface area contributed by atoms with Gasteiger partial charge in [-0.3, -0.25) is 4.79 Å². The van der Waals surface area contributed by atoms with Gasteiger partial charge in [0.25, 0.3) is 6.43 Å². The average molecular weight is 402 g/mol. The van der Waals surface area contributed by atoms with E-state index in [0.717, 1.165) is 5.56 Å². The van der Waals surface area contributed by atoms with Crippen LogP contribution in [0.3, 0.4) is 0 Å². The molecule has 7 heteroatoms. The predicted octanol–water partition coefficient (Wildman–Crippen LogP) is 5.15. The van der Waals surface area contributed by atoms with Crippen LogP contribution in [-0.2, 0) is 0 Å². The summed E-state index contributed by atoms with van der Waals surface area (Å²) in [5, 5.41) is 5.14. The van der Waals surface area contributed by atoms with E-state index in [1.54, 1.807) is 41.9 Å². The minimum Gasteiger partial charge on any atom is -0.351 e. The minimum absolute atomic E-state index is 0.0313. The predicted molar refractivity (Wildman–Crippen MR) is 112 cm³/mol. The standard InChI is InChI=1S/C23H16F2N4O/c1-13-20(26-18-8-3-2-7-17(18)21(13)30)23-27-19-10-9-16(12-29(19)28-23)14-5-4-6-15(11-14)22(24)25/h2-12,22H,1H3,(H,26,30). The van der Waals surface area contributed by atoms with Gasteiger partial charge in [0.05, 0.1) is 5.69 Å². The molecule has 0 unspecified atom stereocenters. The summed E-state index contributed by atoms with van der Waals surface area (Å²) in [6.45, 7) is 1.74. The maximum absolute atomic E-state index is 13.0. The zero-order chi connectivity index (χ0) is 20.8. The monoisotopic (exact) mass is 402 g/mol. The fourth-order valence-corrected chi connectivity index (χ4v) is 3.57. The Morgan fingerprint density at radius 1 is 1.00 bits per heavy atom. The molecule has 5 rings (SSSR count). The van der Waals surface area contributed by atoms with Crippen molar-refractivity contribution in [2.45, 2.75) is 13.3 Å². The minimum atomic E-state index is -2.53. The van der Waals surface area contributed by atoms with Crippen LogP contribution in [0.15, 0.2) is 71.7 Å². The van der Waals surface area contributed by atoms with Crippen molar-refractivity contribution in [1.82, 2.24) is 19.6 Å². The molecule has 0 atom stereocenters. The van der Waals surface area contributed by atoms with Gasteiger partial charge < -0.3 is 4.98 Å². The smallest absolute Gasteiger partial charge is 0.263 e. The van der Waals surface area contributed by atoms with Crippen molar-refractivity contribution in [1.29, 1.82) is 0 Å². The molecule has 0 aliphatic rings. The lowest BCUT2D eigenvalue weighted by molar-refractivity contribution is 0.151. The zero-order valence-electron chi connectivity index (χ0n) is 15.9. The molecule has 0 aliphatic carbocycles. The van der Waals surface area contributed by atoms with Gasteiger partial charge >= 0.3 is 0 Å². The third-order valence-electron chi connectivity index (χ3n) is 5.17. The summed E-state index contributed by atoms with van der Waals surface area (Å²) in [5.41, 5.74) is 3.71. The van der Waals surface area contributed by atoms with Gasteiger partial charge in [0.15, 0.2) is 16.9 Å². The molecule has 3 heterocycles. The van der Waals surface area contributed by atoms with Gasteiger partial charge in [0.1, 0.15) is 0 Å². The lowest BCUT2D eigenvalue weighted by Crippen LogP contribution is -2.09. The number of alkyl halides is 2. The van der Waals surface area contributed by atoms with Crippen LogP contribution in [0, 0.1) is 6.92 Å². The van der Waals surface area contributed by atoms with E-state index in [2.05, 4.69) is 15.1 Å². The number of aromatic nitrogens is 4. The summed E-state index contributed by atoms with van der Waals surface area (Å²) in [4.78, 5) is 20.5. The number of benzene rings is 2. The Hall–Kier alpha value is -3.87. The third-order valence-corrected chi connectivity index (χ3v) is 5.17. The van der Waals surface area contributed by atoms with E-state index in [1.165, 1.54) is 12.1 Å². The normalized spacial score (nSPS) is 11.6. The van der Waals surface area contributed by atoms with Gasteiger partial charge in [0.2, 0.25) is 0 Å². The van der Waals surface area contributed by atoms with Gasteiger partial charge in [-0.2, -0.15) is 0 Å².